The molecule has 0 unspecified atom stereocenters. The van der Waals surface area contributed by atoms with E-state index in [1.165, 1.54) is 0 Å². The van der Waals surface area contributed by atoms with Crippen LogP contribution in [0.15, 0.2) is 42.6 Å². The first-order chi connectivity index (χ1) is 15.5. The van der Waals surface area contributed by atoms with E-state index < -0.39 is 0 Å². The summed E-state index contributed by atoms with van der Waals surface area (Å²) in [6.07, 6.45) is 2.83. The highest BCUT2D eigenvalue weighted by molar-refractivity contribution is 5.86. The van der Waals surface area contributed by atoms with Crippen molar-refractivity contribution in [3.8, 4) is 5.75 Å². The molecule has 0 fully saturated rings. The molecule has 0 atom stereocenters. The van der Waals surface area contributed by atoms with Gasteiger partial charge in [-0.15, -0.1) is 0 Å². The number of rotatable bonds is 14. The fourth-order valence-corrected chi connectivity index (χ4v) is 3.33. The zero-order valence-corrected chi connectivity index (χ0v) is 19.6. The van der Waals surface area contributed by atoms with Gasteiger partial charge in [-0.2, -0.15) is 0 Å². The van der Waals surface area contributed by atoms with Crippen LogP contribution in [0.5, 0.6) is 5.75 Å². The first-order valence-electron chi connectivity index (χ1n) is 10.7. The first-order valence-corrected chi connectivity index (χ1v) is 10.7. The second-order valence-corrected chi connectivity index (χ2v) is 7.61. The van der Waals surface area contributed by atoms with Gasteiger partial charge in [0.05, 0.1) is 33.2 Å². The van der Waals surface area contributed by atoms with Crippen molar-refractivity contribution in [2.24, 2.45) is 7.05 Å². The van der Waals surface area contributed by atoms with Gasteiger partial charge in [-0.25, -0.2) is 0 Å². The summed E-state index contributed by atoms with van der Waals surface area (Å²) in [7, 11) is 6.79. The van der Waals surface area contributed by atoms with Crippen molar-refractivity contribution < 1.29 is 23.8 Å². The Morgan fingerprint density at radius 1 is 0.906 bits per heavy atom. The molecule has 176 valence electrons. The standard InChI is InChI=1S/C24H35N3O5/c1-25-12-5-7-21(25)18-27(14-16-31-3)24(29)19-26(13-6-15-30-2)23(28)17-20-8-10-22(32-4)11-9-20/h5,7-12H,6,13-19H2,1-4H3. The number of amides is 2. The fourth-order valence-electron chi connectivity index (χ4n) is 3.33. The summed E-state index contributed by atoms with van der Waals surface area (Å²) in [5, 5.41) is 0. The predicted molar refractivity (Wildman–Crippen MR) is 122 cm³/mol. The lowest BCUT2D eigenvalue weighted by Crippen LogP contribution is -2.44. The number of ether oxygens (including phenoxy) is 3. The molecular formula is C24H35N3O5. The quantitative estimate of drug-likeness (QED) is 0.417. The van der Waals surface area contributed by atoms with E-state index in [1.807, 2.05) is 54.2 Å². The van der Waals surface area contributed by atoms with Gasteiger partial charge in [0.2, 0.25) is 11.8 Å². The minimum Gasteiger partial charge on any atom is -0.497 e. The molecule has 0 aliphatic carbocycles. The number of nitrogens with zero attached hydrogens (tertiary/aromatic N) is 3. The second kappa shape index (κ2) is 13.5. The van der Waals surface area contributed by atoms with Crippen molar-refractivity contribution >= 4 is 11.8 Å². The van der Waals surface area contributed by atoms with Crippen molar-refractivity contribution in [2.45, 2.75) is 19.4 Å². The number of benzene rings is 1. The third-order valence-electron chi connectivity index (χ3n) is 5.29. The Morgan fingerprint density at radius 2 is 1.62 bits per heavy atom. The number of carbonyl (C=O) groups is 2. The third-order valence-corrected chi connectivity index (χ3v) is 5.29. The summed E-state index contributed by atoms with van der Waals surface area (Å²) < 4.78 is 17.5. The van der Waals surface area contributed by atoms with Crippen molar-refractivity contribution in [3.63, 3.8) is 0 Å². The molecular weight excluding hydrogens is 410 g/mol. The summed E-state index contributed by atoms with van der Waals surface area (Å²) >= 11 is 0. The summed E-state index contributed by atoms with van der Waals surface area (Å²) in [6.45, 7) is 2.35. The molecule has 2 aromatic rings. The number of aromatic nitrogens is 1. The molecule has 2 amide bonds. The molecule has 0 saturated heterocycles. The molecule has 0 bridgehead atoms. The Balaban J connectivity index is 2.09. The zero-order chi connectivity index (χ0) is 23.3. The molecule has 8 nitrogen and oxygen atoms in total. The lowest BCUT2D eigenvalue weighted by Gasteiger charge is -2.28. The average molecular weight is 446 g/mol. The minimum absolute atomic E-state index is 0.0207. The van der Waals surface area contributed by atoms with Crippen LogP contribution in [0.4, 0.5) is 0 Å². The normalized spacial score (nSPS) is 10.8. The fraction of sp³-hybridized carbons (Fsp3) is 0.500. The maximum absolute atomic E-state index is 13.2. The molecule has 8 heteroatoms. The highest BCUT2D eigenvalue weighted by Gasteiger charge is 2.22. The SMILES string of the molecule is COCCCN(CC(=O)N(CCOC)Cc1cccn1C)C(=O)Cc1ccc(OC)cc1. The number of carbonyl (C=O) groups excluding carboxylic acids is 2. The Labute approximate surface area is 190 Å². The van der Waals surface area contributed by atoms with E-state index in [2.05, 4.69) is 0 Å². The van der Waals surface area contributed by atoms with Crippen LogP contribution in [-0.4, -0.2) is 80.4 Å². The molecule has 0 spiro atoms. The maximum atomic E-state index is 13.2. The number of hydrogen-bond acceptors (Lipinski definition) is 5. The van der Waals surface area contributed by atoms with Gasteiger partial charge in [0.15, 0.2) is 0 Å². The van der Waals surface area contributed by atoms with E-state index in [0.29, 0.717) is 39.3 Å². The van der Waals surface area contributed by atoms with Gasteiger partial charge >= 0.3 is 0 Å². The van der Waals surface area contributed by atoms with Gasteiger partial charge in [0.1, 0.15) is 5.75 Å². The highest BCUT2D eigenvalue weighted by Crippen LogP contribution is 2.13. The third kappa shape index (κ3) is 8.01. The molecule has 0 saturated carbocycles. The number of aryl methyl sites for hydroxylation is 1. The van der Waals surface area contributed by atoms with E-state index in [0.717, 1.165) is 17.0 Å². The topological polar surface area (TPSA) is 73.2 Å². The Kier molecular flexibility index (Phi) is 10.8. The van der Waals surface area contributed by atoms with Crippen LogP contribution < -0.4 is 4.74 Å². The Bertz CT molecular complexity index is 834. The lowest BCUT2D eigenvalue weighted by molar-refractivity contribution is -0.141. The molecule has 0 N–H and O–H groups in total. The van der Waals surface area contributed by atoms with Crippen LogP contribution in [0.25, 0.3) is 0 Å². The summed E-state index contributed by atoms with van der Waals surface area (Å²) in [5.74, 6) is 0.539. The van der Waals surface area contributed by atoms with E-state index in [9.17, 15) is 9.59 Å². The molecule has 0 radical (unpaired) electrons. The van der Waals surface area contributed by atoms with Crippen LogP contribution >= 0.6 is 0 Å². The van der Waals surface area contributed by atoms with Gasteiger partial charge in [-0.3, -0.25) is 9.59 Å². The maximum Gasteiger partial charge on any atom is 0.242 e. The second-order valence-electron chi connectivity index (χ2n) is 7.61. The Hall–Kier alpha value is -2.84. The van der Waals surface area contributed by atoms with Crippen molar-refractivity contribution in [2.75, 3.05) is 54.2 Å². The lowest BCUT2D eigenvalue weighted by atomic mass is 10.1. The first kappa shape index (κ1) is 25.4. The van der Waals surface area contributed by atoms with Crippen LogP contribution in [0, 0.1) is 0 Å². The van der Waals surface area contributed by atoms with Gasteiger partial charge in [0.25, 0.3) is 0 Å². The monoisotopic (exact) mass is 445 g/mol. The molecule has 32 heavy (non-hydrogen) atoms. The zero-order valence-electron chi connectivity index (χ0n) is 19.6. The average Bonchev–Trinajstić information content (AvgIpc) is 3.20. The van der Waals surface area contributed by atoms with Gasteiger partial charge < -0.3 is 28.6 Å². The van der Waals surface area contributed by atoms with E-state index in [-0.39, 0.29) is 24.8 Å². The van der Waals surface area contributed by atoms with Crippen LogP contribution in [0.1, 0.15) is 17.7 Å². The van der Waals surface area contributed by atoms with Crippen LogP contribution in [0.3, 0.4) is 0 Å². The summed E-state index contributed by atoms with van der Waals surface area (Å²) in [5.41, 5.74) is 1.89. The van der Waals surface area contributed by atoms with E-state index >= 15 is 0 Å². The molecule has 1 aromatic carbocycles. The molecule has 1 heterocycles. The summed E-state index contributed by atoms with van der Waals surface area (Å²) in [4.78, 5) is 29.6. The smallest absolute Gasteiger partial charge is 0.242 e. The van der Waals surface area contributed by atoms with Gasteiger partial charge in [-0.1, -0.05) is 12.1 Å². The Morgan fingerprint density at radius 3 is 2.22 bits per heavy atom. The number of hydrogen-bond donors (Lipinski definition) is 0. The largest absolute Gasteiger partial charge is 0.497 e. The molecule has 1 aromatic heterocycles. The van der Waals surface area contributed by atoms with Gasteiger partial charge in [0, 0.05) is 52.9 Å². The predicted octanol–water partition coefficient (Wildman–Crippen LogP) is 2.12. The van der Waals surface area contributed by atoms with Crippen LogP contribution in [-0.2, 0) is 39.1 Å². The minimum atomic E-state index is -0.108. The molecule has 0 aliphatic heterocycles. The van der Waals surface area contributed by atoms with Gasteiger partial charge in [-0.05, 0) is 36.2 Å². The molecule has 2 rings (SSSR count). The van der Waals surface area contributed by atoms with E-state index in [1.54, 1.807) is 31.1 Å². The van der Waals surface area contributed by atoms with E-state index in [4.69, 9.17) is 14.2 Å². The molecule has 0 aliphatic rings. The van der Waals surface area contributed by atoms with Crippen molar-refractivity contribution in [1.29, 1.82) is 0 Å². The highest BCUT2D eigenvalue weighted by atomic mass is 16.5. The van der Waals surface area contributed by atoms with Crippen molar-refractivity contribution in [3.05, 3.63) is 53.9 Å². The number of methoxy groups -OCH3 is 3. The van der Waals surface area contributed by atoms with Crippen molar-refractivity contribution in [1.82, 2.24) is 14.4 Å². The summed E-state index contributed by atoms with van der Waals surface area (Å²) in [6, 6.07) is 11.3. The van der Waals surface area contributed by atoms with Crippen LogP contribution in [0.2, 0.25) is 0 Å².